The molecule has 0 radical (unpaired) electrons. The number of nitrogens with one attached hydrogen (secondary N) is 3. The third-order valence-corrected chi connectivity index (χ3v) is 6.03. The molecule has 8 heteroatoms. The van der Waals surface area contributed by atoms with Crippen LogP contribution in [0.3, 0.4) is 0 Å². The molecule has 0 saturated carbocycles. The molecule has 0 aromatic heterocycles. The lowest BCUT2D eigenvalue weighted by Crippen LogP contribution is -2.47. The molecule has 1 aliphatic heterocycles. The van der Waals surface area contributed by atoms with Gasteiger partial charge in [0.15, 0.2) is 0 Å². The maximum atomic E-state index is 12.5. The highest BCUT2D eigenvalue weighted by molar-refractivity contribution is 5.74. The minimum absolute atomic E-state index is 0.000834. The number of carbonyl (C=O) groups excluding carboxylic acids is 2. The molecule has 1 saturated heterocycles. The molecule has 36 heavy (non-hydrogen) atoms. The molecule has 0 unspecified atom stereocenters. The Hall–Kier alpha value is -3.42. The van der Waals surface area contributed by atoms with Crippen LogP contribution in [0.4, 0.5) is 15.3 Å². The molecule has 1 fully saturated rings. The molecule has 3 rings (SSSR count). The first-order valence-electron chi connectivity index (χ1n) is 12.7. The third kappa shape index (κ3) is 9.32. The van der Waals surface area contributed by atoms with Gasteiger partial charge in [-0.3, -0.25) is 0 Å². The molecule has 196 valence electrons. The summed E-state index contributed by atoms with van der Waals surface area (Å²) >= 11 is 0. The Morgan fingerprint density at radius 3 is 2.39 bits per heavy atom. The summed E-state index contributed by atoms with van der Waals surface area (Å²) in [6.07, 6.45) is 2.86. The molecule has 0 aliphatic carbocycles. The molecule has 2 aromatic carbocycles. The first kappa shape index (κ1) is 27.2. The predicted molar refractivity (Wildman–Crippen MR) is 143 cm³/mol. The summed E-state index contributed by atoms with van der Waals surface area (Å²) in [6, 6.07) is 16.5. The molecule has 0 spiro atoms. The van der Waals surface area contributed by atoms with E-state index in [0.29, 0.717) is 25.6 Å². The Balaban J connectivity index is 1.33. The number of benzene rings is 2. The van der Waals surface area contributed by atoms with Gasteiger partial charge in [0.2, 0.25) is 0 Å². The molecular formula is C28H40N4O4. The van der Waals surface area contributed by atoms with Crippen molar-refractivity contribution >= 4 is 17.8 Å². The topological polar surface area (TPSA) is 91.9 Å². The van der Waals surface area contributed by atoms with E-state index in [2.05, 4.69) is 40.2 Å². The summed E-state index contributed by atoms with van der Waals surface area (Å²) in [5.74, 6) is 0.831. The van der Waals surface area contributed by atoms with Gasteiger partial charge in [0.25, 0.3) is 0 Å². The lowest BCUT2D eigenvalue weighted by molar-refractivity contribution is 0.139. The van der Waals surface area contributed by atoms with Crippen LogP contribution in [-0.2, 0) is 17.6 Å². The van der Waals surface area contributed by atoms with E-state index in [-0.39, 0.29) is 11.6 Å². The first-order chi connectivity index (χ1) is 17.2. The number of methoxy groups -OCH3 is 1. The molecule has 2 aromatic rings. The van der Waals surface area contributed by atoms with E-state index in [9.17, 15) is 9.59 Å². The minimum Gasteiger partial charge on any atom is -0.497 e. The normalized spacial score (nSPS) is 14.2. The van der Waals surface area contributed by atoms with Crippen molar-refractivity contribution in [3.05, 3.63) is 59.7 Å². The summed E-state index contributed by atoms with van der Waals surface area (Å²) in [7, 11) is 1.66. The minimum atomic E-state index is -0.391. The molecule has 0 bridgehead atoms. The quantitative estimate of drug-likeness (QED) is 0.472. The van der Waals surface area contributed by atoms with E-state index >= 15 is 0 Å². The number of urea groups is 1. The average Bonchev–Trinajstić information content (AvgIpc) is 2.84. The highest BCUT2D eigenvalue weighted by atomic mass is 16.5. The molecular weight excluding hydrogens is 456 g/mol. The van der Waals surface area contributed by atoms with Crippen molar-refractivity contribution < 1.29 is 19.1 Å². The van der Waals surface area contributed by atoms with Gasteiger partial charge in [-0.05, 0) is 75.4 Å². The number of anilines is 1. The van der Waals surface area contributed by atoms with E-state index < -0.39 is 6.09 Å². The number of ether oxygens (including phenoxy) is 2. The highest BCUT2D eigenvalue weighted by Gasteiger charge is 2.22. The number of nitrogens with zero attached hydrogens (tertiary/aromatic N) is 1. The summed E-state index contributed by atoms with van der Waals surface area (Å²) in [4.78, 5) is 26.2. The van der Waals surface area contributed by atoms with Crippen LogP contribution < -0.4 is 20.7 Å². The van der Waals surface area contributed by atoms with E-state index in [1.165, 1.54) is 0 Å². The lowest BCUT2D eigenvalue weighted by Gasteiger charge is -2.33. The van der Waals surface area contributed by atoms with Crippen LogP contribution in [-0.4, -0.2) is 62.0 Å². The van der Waals surface area contributed by atoms with Crippen molar-refractivity contribution in [3.8, 4) is 5.75 Å². The number of likely N-dealkylation sites (tertiary alicyclic amines) is 1. The molecule has 3 N–H and O–H groups in total. The maximum Gasteiger partial charge on any atom is 0.407 e. The molecule has 0 atom stereocenters. The Morgan fingerprint density at radius 1 is 1.00 bits per heavy atom. The van der Waals surface area contributed by atoms with Crippen molar-refractivity contribution in [1.29, 1.82) is 0 Å². The van der Waals surface area contributed by atoms with Gasteiger partial charge < -0.3 is 30.3 Å². The number of alkyl carbamates (subject to hydrolysis) is 1. The Labute approximate surface area is 214 Å². The van der Waals surface area contributed by atoms with E-state index in [0.717, 1.165) is 54.9 Å². The smallest absolute Gasteiger partial charge is 0.407 e. The van der Waals surface area contributed by atoms with Crippen molar-refractivity contribution in [2.45, 2.75) is 58.0 Å². The third-order valence-electron chi connectivity index (χ3n) is 6.03. The second-order valence-electron chi connectivity index (χ2n) is 10.2. The van der Waals surface area contributed by atoms with E-state index in [1.54, 1.807) is 7.11 Å². The average molecular weight is 497 g/mol. The standard InChI is InChI=1S/C28H40N4O4/c1-28(2,3)31-27(34)36-19-15-21-8-10-23(11-9-21)30-24-13-17-32(18-14-24)26(33)29-16-12-22-6-5-7-25(20-22)35-4/h5-11,20,24,30H,12-19H2,1-4H3,(H,29,33)(H,31,34). The number of carbonyl (C=O) groups is 2. The summed E-state index contributed by atoms with van der Waals surface area (Å²) < 4.78 is 10.5. The Kier molecular flexibility index (Phi) is 9.85. The van der Waals surface area contributed by atoms with Gasteiger partial charge >= 0.3 is 12.1 Å². The highest BCUT2D eigenvalue weighted by Crippen LogP contribution is 2.18. The summed E-state index contributed by atoms with van der Waals surface area (Å²) in [5, 5.41) is 9.40. The number of amides is 3. The number of piperidine rings is 1. The van der Waals surface area contributed by atoms with Gasteiger partial charge in [0.1, 0.15) is 5.75 Å². The van der Waals surface area contributed by atoms with Gasteiger partial charge in [-0.15, -0.1) is 0 Å². The molecule has 8 nitrogen and oxygen atoms in total. The van der Waals surface area contributed by atoms with Crippen molar-refractivity contribution in [1.82, 2.24) is 15.5 Å². The lowest BCUT2D eigenvalue weighted by atomic mass is 10.0. The van der Waals surface area contributed by atoms with Crippen molar-refractivity contribution in [3.63, 3.8) is 0 Å². The number of hydrogen-bond donors (Lipinski definition) is 3. The van der Waals surface area contributed by atoms with Crippen LogP contribution in [0, 0.1) is 0 Å². The zero-order valence-electron chi connectivity index (χ0n) is 21.9. The Bertz CT molecular complexity index is 980. The monoisotopic (exact) mass is 496 g/mol. The van der Waals surface area contributed by atoms with Gasteiger partial charge in [-0.2, -0.15) is 0 Å². The summed E-state index contributed by atoms with van der Waals surface area (Å²) in [5.41, 5.74) is 3.01. The van der Waals surface area contributed by atoms with Gasteiger partial charge in [0.05, 0.1) is 13.7 Å². The van der Waals surface area contributed by atoms with Crippen LogP contribution in [0.5, 0.6) is 5.75 Å². The second-order valence-corrected chi connectivity index (χ2v) is 10.2. The van der Waals surface area contributed by atoms with Crippen molar-refractivity contribution in [2.24, 2.45) is 0 Å². The van der Waals surface area contributed by atoms with Crippen LogP contribution in [0.2, 0.25) is 0 Å². The van der Waals surface area contributed by atoms with Crippen LogP contribution >= 0.6 is 0 Å². The number of rotatable bonds is 9. The zero-order valence-corrected chi connectivity index (χ0v) is 21.9. The second kappa shape index (κ2) is 13.0. The van der Waals surface area contributed by atoms with Crippen molar-refractivity contribution in [2.75, 3.05) is 38.7 Å². The zero-order chi connectivity index (χ0) is 26.0. The summed E-state index contributed by atoms with van der Waals surface area (Å²) in [6.45, 7) is 8.17. The molecule has 3 amide bonds. The molecule has 1 aliphatic rings. The molecule has 1 heterocycles. The van der Waals surface area contributed by atoms with Crippen LogP contribution in [0.25, 0.3) is 0 Å². The fourth-order valence-electron chi connectivity index (χ4n) is 4.09. The SMILES string of the molecule is COc1cccc(CCNC(=O)N2CCC(Nc3ccc(CCOC(=O)NC(C)(C)C)cc3)CC2)c1. The van der Waals surface area contributed by atoms with Crippen LogP contribution in [0.15, 0.2) is 48.5 Å². The maximum absolute atomic E-state index is 12.5. The van der Waals surface area contributed by atoms with Gasteiger partial charge in [-0.25, -0.2) is 9.59 Å². The Morgan fingerprint density at radius 2 is 1.72 bits per heavy atom. The van der Waals surface area contributed by atoms with E-state index in [1.807, 2.05) is 49.9 Å². The first-order valence-corrected chi connectivity index (χ1v) is 12.7. The number of hydrogen-bond acceptors (Lipinski definition) is 5. The fraction of sp³-hybridized carbons (Fsp3) is 0.500. The van der Waals surface area contributed by atoms with Gasteiger partial charge in [0, 0.05) is 43.3 Å². The predicted octanol–water partition coefficient (Wildman–Crippen LogP) is 4.59. The largest absolute Gasteiger partial charge is 0.497 e. The van der Waals surface area contributed by atoms with E-state index in [4.69, 9.17) is 9.47 Å². The fourth-order valence-corrected chi connectivity index (χ4v) is 4.09. The van der Waals surface area contributed by atoms with Crippen LogP contribution in [0.1, 0.15) is 44.7 Å². The van der Waals surface area contributed by atoms with Gasteiger partial charge in [-0.1, -0.05) is 24.3 Å².